The van der Waals surface area contributed by atoms with E-state index in [0.717, 1.165) is 18.8 Å². The zero-order valence-electron chi connectivity index (χ0n) is 16.9. The summed E-state index contributed by atoms with van der Waals surface area (Å²) in [5.41, 5.74) is 6.89. The highest BCUT2D eigenvalue weighted by Crippen LogP contribution is 2.45. The van der Waals surface area contributed by atoms with Crippen molar-refractivity contribution in [2.24, 2.45) is 23.5 Å². The Morgan fingerprint density at radius 2 is 2.00 bits per heavy atom. The number of ether oxygens (including phenoxy) is 1. The molecule has 2 heterocycles. The molecule has 1 aromatic carbocycles. The van der Waals surface area contributed by atoms with E-state index in [0.29, 0.717) is 28.3 Å². The molecule has 1 saturated carbocycles. The molecule has 3 aliphatic rings. The fourth-order valence-electron chi connectivity index (χ4n) is 5.09. The highest BCUT2D eigenvalue weighted by atomic mass is 35.5. The van der Waals surface area contributed by atoms with Crippen LogP contribution < -0.4 is 20.8 Å². The van der Waals surface area contributed by atoms with Crippen molar-refractivity contribution in [1.29, 1.82) is 0 Å². The summed E-state index contributed by atoms with van der Waals surface area (Å²) in [6, 6.07) is 2.86. The van der Waals surface area contributed by atoms with Crippen LogP contribution in [0.3, 0.4) is 0 Å². The summed E-state index contributed by atoms with van der Waals surface area (Å²) in [6.45, 7) is 3.71. The minimum absolute atomic E-state index is 0.0157. The second kappa shape index (κ2) is 7.24. The molecule has 6 atom stereocenters. The molecule has 0 spiro atoms. The molecule has 7 nitrogen and oxygen atoms in total. The van der Waals surface area contributed by atoms with Crippen LogP contribution in [0.15, 0.2) is 35.3 Å². The molecule has 31 heavy (non-hydrogen) atoms. The molecule has 0 bridgehead atoms. The summed E-state index contributed by atoms with van der Waals surface area (Å²) in [5, 5.41) is 9.51. The van der Waals surface area contributed by atoms with Crippen molar-refractivity contribution in [3.8, 4) is 5.75 Å². The molecule has 2 aliphatic carbocycles. The Morgan fingerprint density at radius 1 is 1.29 bits per heavy atom. The van der Waals surface area contributed by atoms with Crippen LogP contribution in [0.2, 0.25) is 5.02 Å². The molecule has 5 rings (SSSR count). The second-order valence-electron chi connectivity index (χ2n) is 8.77. The van der Waals surface area contributed by atoms with Gasteiger partial charge in [-0.15, -0.1) is 0 Å². The van der Waals surface area contributed by atoms with E-state index in [1.807, 2.05) is 0 Å². The van der Waals surface area contributed by atoms with Gasteiger partial charge in [-0.3, -0.25) is 4.79 Å². The number of anilines is 1. The van der Waals surface area contributed by atoms with Gasteiger partial charge in [0, 0.05) is 31.5 Å². The van der Waals surface area contributed by atoms with Crippen LogP contribution in [0.4, 0.5) is 14.9 Å². The van der Waals surface area contributed by atoms with Gasteiger partial charge in [-0.2, -0.15) is 0 Å². The number of nitrogens with two attached hydrogens (primary N) is 1. The number of aromatic nitrogens is 1. The smallest absolute Gasteiger partial charge is 0.449 e. The molecule has 3 N–H and O–H groups in total. The summed E-state index contributed by atoms with van der Waals surface area (Å²) in [5.74, 6) is 0.751. The molecule has 0 radical (unpaired) electrons. The predicted molar refractivity (Wildman–Crippen MR) is 116 cm³/mol. The molecule has 1 aliphatic heterocycles. The van der Waals surface area contributed by atoms with E-state index in [1.54, 1.807) is 16.7 Å². The van der Waals surface area contributed by atoms with Crippen molar-refractivity contribution in [2.45, 2.75) is 31.6 Å². The standard InChI is InChI=1S/C22H23ClFN3O4/c1-10-2-4-15(25)13-8-26(7-12(10)13)16-5-3-11-20(19(16)23)27(17-6-14(17)24)9-18(21(11)28)31-22(29)30/h2-5,9-10,12-15,17H,6-8,25H2,1H3,(H,29,30)/t10?,12?,13?,14-,15?,17-/m1/s1. The summed E-state index contributed by atoms with van der Waals surface area (Å²) < 4.78 is 20.2. The lowest BCUT2D eigenvalue weighted by molar-refractivity contribution is 0.143. The maximum absolute atomic E-state index is 14.0. The van der Waals surface area contributed by atoms with Crippen molar-refractivity contribution in [3.05, 3.63) is 45.7 Å². The van der Waals surface area contributed by atoms with Gasteiger partial charge in [0.15, 0.2) is 5.75 Å². The predicted octanol–water partition coefficient (Wildman–Crippen LogP) is 3.58. The third kappa shape index (κ3) is 3.29. The summed E-state index contributed by atoms with van der Waals surface area (Å²) in [6.07, 6.45) is 3.07. The first kappa shape index (κ1) is 20.3. The average Bonchev–Trinajstić information content (AvgIpc) is 3.26. The van der Waals surface area contributed by atoms with Crippen molar-refractivity contribution >= 4 is 34.3 Å². The number of halogens is 2. The molecule has 1 aromatic heterocycles. The van der Waals surface area contributed by atoms with Crippen molar-refractivity contribution < 1.29 is 19.0 Å². The first-order valence-electron chi connectivity index (χ1n) is 10.4. The zero-order valence-corrected chi connectivity index (χ0v) is 17.6. The lowest BCUT2D eigenvalue weighted by Gasteiger charge is -2.30. The van der Waals surface area contributed by atoms with E-state index >= 15 is 0 Å². The number of fused-ring (bicyclic) bond motifs is 2. The van der Waals surface area contributed by atoms with E-state index in [2.05, 4.69) is 28.7 Å². The number of hydrogen-bond donors (Lipinski definition) is 2. The fourth-order valence-corrected chi connectivity index (χ4v) is 5.47. The first-order chi connectivity index (χ1) is 14.8. The summed E-state index contributed by atoms with van der Waals surface area (Å²) in [4.78, 5) is 26.0. The van der Waals surface area contributed by atoms with Crippen LogP contribution in [0.1, 0.15) is 19.4 Å². The SMILES string of the molecule is CC1C=CC(N)C2CN(c3ccc4c(=O)c(OC(=O)O)cn([C@@H]5C[C@H]5F)c4c3Cl)CC12. The number of hydrogen-bond acceptors (Lipinski definition) is 5. The van der Waals surface area contributed by atoms with E-state index in [9.17, 15) is 14.0 Å². The van der Waals surface area contributed by atoms with Gasteiger partial charge in [-0.1, -0.05) is 30.7 Å². The largest absolute Gasteiger partial charge is 0.511 e. The van der Waals surface area contributed by atoms with Gasteiger partial charge >= 0.3 is 6.16 Å². The molecule has 1 saturated heterocycles. The van der Waals surface area contributed by atoms with Crippen molar-refractivity contribution in [1.82, 2.24) is 4.57 Å². The zero-order chi connectivity index (χ0) is 22.0. The molecule has 2 aromatic rings. The number of carboxylic acid groups (broad SMARTS) is 1. The Bertz CT molecular complexity index is 1150. The number of pyridine rings is 1. The highest BCUT2D eigenvalue weighted by molar-refractivity contribution is 6.38. The van der Waals surface area contributed by atoms with Crippen molar-refractivity contribution in [3.63, 3.8) is 0 Å². The maximum Gasteiger partial charge on any atom is 0.511 e. The van der Waals surface area contributed by atoms with E-state index < -0.39 is 23.8 Å². The highest BCUT2D eigenvalue weighted by Gasteiger charge is 2.42. The second-order valence-corrected chi connectivity index (χ2v) is 9.14. The molecular weight excluding hydrogens is 425 g/mol. The first-order valence-corrected chi connectivity index (χ1v) is 10.7. The fraction of sp³-hybridized carbons (Fsp3) is 0.455. The number of allylic oxidation sites excluding steroid dienone is 1. The van der Waals surface area contributed by atoms with Crippen LogP contribution in [0.5, 0.6) is 5.75 Å². The van der Waals surface area contributed by atoms with Gasteiger partial charge in [-0.05, 0) is 24.0 Å². The lowest BCUT2D eigenvalue weighted by atomic mass is 9.77. The molecule has 164 valence electrons. The number of benzene rings is 1. The summed E-state index contributed by atoms with van der Waals surface area (Å²) in [7, 11) is 0. The van der Waals surface area contributed by atoms with Crippen LogP contribution in [-0.4, -0.2) is 41.1 Å². The number of alkyl halides is 1. The number of nitrogens with zero attached hydrogens (tertiary/aromatic N) is 2. The van der Waals surface area contributed by atoms with Crippen LogP contribution in [0.25, 0.3) is 10.9 Å². The Morgan fingerprint density at radius 3 is 2.65 bits per heavy atom. The third-order valence-electron chi connectivity index (χ3n) is 6.87. The minimum atomic E-state index is -1.60. The van der Waals surface area contributed by atoms with Gasteiger partial charge in [0.05, 0.1) is 33.9 Å². The lowest BCUT2D eigenvalue weighted by Crippen LogP contribution is -2.38. The Labute approximate surface area is 182 Å². The third-order valence-corrected chi connectivity index (χ3v) is 7.25. The molecule has 9 heteroatoms. The molecular formula is C22H23ClFN3O4. The van der Waals surface area contributed by atoms with Crippen LogP contribution >= 0.6 is 11.6 Å². The quantitative estimate of drug-likeness (QED) is 0.551. The van der Waals surface area contributed by atoms with Crippen molar-refractivity contribution in [2.75, 3.05) is 18.0 Å². The monoisotopic (exact) mass is 447 g/mol. The van der Waals surface area contributed by atoms with Gasteiger partial charge in [0.2, 0.25) is 5.43 Å². The topological polar surface area (TPSA) is 97.8 Å². The van der Waals surface area contributed by atoms with E-state index in [-0.39, 0.29) is 23.6 Å². The normalized spacial score (nSPS) is 31.7. The Hall–Kier alpha value is -2.58. The number of rotatable bonds is 3. The Kier molecular flexibility index (Phi) is 4.75. The average molecular weight is 448 g/mol. The molecule has 4 unspecified atom stereocenters. The number of carbonyl (C=O) groups is 1. The van der Waals surface area contributed by atoms with Gasteiger partial charge < -0.3 is 25.0 Å². The van der Waals surface area contributed by atoms with Gasteiger partial charge in [-0.25, -0.2) is 9.18 Å². The molecule has 2 fully saturated rings. The molecule has 0 amide bonds. The van der Waals surface area contributed by atoms with E-state index in [4.69, 9.17) is 22.4 Å². The van der Waals surface area contributed by atoms with Gasteiger partial charge in [0.25, 0.3) is 0 Å². The summed E-state index contributed by atoms with van der Waals surface area (Å²) >= 11 is 6.82. The van der Waals surface area contributed by atoms with Gasteiger partial charge in [0.1, 0.15) is 6.17 Å². The van der Waals surface area contributed by atoms with E-state index in [1.165, 1.54) is 6.20 Å². The minimum Gasteiger partial charge on any atom is -0.449 e. The Balaban J connectivity index is 1.61. The maximum atomic E-state index is 14.0. The van der Waals surface area contributed by atoms with Crippen LogP contribution in [-0.2, 0) is 0 Å². The van der Waals surface area contributed by atoms with Crippen LogP contribution in [0, 0.1) is 17.8 Å².